The lowest BCUT2D eigenvalue weighted by Gasteiger charge is -2.39. The number of hydrogen-bond donors (Lipinski definition) is 2. The fourth-order valence-electron chi connectivity index (χ4n) is 3.26. The maximum absolute atomic E-state index is 9.03. The van der Waals surface area contributed by atoms with Crippen LogP contribution in [0.25, 0.3) is 0 Å². The van der Waals surface area contributed by atoms with Crippen LogP contribution in [0.2, 0.25) is 0 Å². The molecule has 0 aliphatic heterocycles. The van der Waals surface area contributed by atoms with Crippen LogP contribution in [0.5, 0.6) is 0 Å². The van der Waals surface area contributed by atoms with Crippen LogP contribution < -0.4 is 5.32 Å². The molecule has 2 atom stereocenters. The van der Waals surface area contributed by atoms with E-state index in [4.69, 9.17) is 5.11 Å². The minimum Gasteiger partial charge on any atom is -0.392 e. The fourth-order valence-corrected chi connectivity index (χ4v) is 3.26. The number of aliphatic hydroxyl groups excluding tert-OH is 1. The number of nitrogens with one attached hydrogen (secondary N) is 1. The number of hydrogen-bond acceptors (Lipinski definition) is 2. The third-order valence-electron chi connectivity index (χ3n) is 4.47. The summed E-state index contributed by atoms with van der Waals surface area (Å²) in [4.78, 5) is 0. The smallest absolute Gasteiger partial charge is 0.0681 e. The van der Waals surface area contributed by atoms with Crippen molar-refractivity contribution in [1.82, 2.24) is 5.32 Å². The first-order valence-electron chi connectivity index (χ1n) is 7.42. The van der Waals surface area contributed by atoms with Crippen molar-refractivity contribution in [2.75, 3.05) is 0 Å². The topological polar surface area (TPSA) is 32.3 Å². The zero-order valence-corrected chi connectivity index (χ0v) is 12.4. The van der Waals surface area contributed by atoms with Gasteiger partial charge in [0, 0.05) is 12.6 Å². The normalized spacial score (nSPS) is 26.3. The summed E-state index contributed by atoms with van der Waals surface area (Å²) >= 11 is 0. The molecule has 0 heterocycles. The van der Waals surface area contributed by atoms with Crippen molar-refractivity contribution >= 4 is 0 Å². The first kappa shape index (κ1) is 14.5. The Morgan fingerprint density at radius 1 is 1.21 bits per heavy atom. The molecule has 2 nitrogen and oxygen atoms in total. The van der Waals surface area contributed by atoms with Gasteiger partial charge in [-0.05, 0) is 41.7 Å². The maximum Gasteiger partial charge on any atom is 0.0681 e. The van der Waals surface area contributed by atoms with E-state index in [9.17, 15) is 0 Å². The lowest BCUT2D eigenvalue weighted by Crippen LogP contribution is -2.41. The van der Waals surface area contributed by atoms with Gasteiger partial charge in [0.25, 0.3) is 0 Å². The van der Waals surface area contributed by atoms with Gasteiger partial charge in [0.2, 0.25) is 0 Å². The molecule has 106 valence electrons. The van der Waals surface area contributed by atoms with Crippen LogP contribution in [0.15, 0.2) is 24.3 Å². The molecule has 1 aromatic carbocycles. The highest BCUT2D eigenvalue weighted by molar-refractivity contribution is 5.21. The maximum atomic E-state index is 9.03. The molecule has 0 saturated heterocycles. The van der Waals surface area contributed by atoms with Crippen molar-refractivity contribution < 1.29 is 5.11 Å². The van der Waals surface area contributed by atoms with Gasteiger partial charge in [0.1, 0.15) is 0 Å². The zero-order chi connectivity index (χ0) is 13.9. The van der Waals surface area contributed by atoms with E-state index in [0.717, 1.165) is 18.0 Å². The van der Waals surface area contributed by atoms with E-state index in [-0.39, 0.29) is 6.61 Å². The molecule has 1 aliphatic carbocycles. The van der Waals surface area contributed by atoms with Crippen LogP contribution in [0.3, 0.4) is 0 Å². The van der Waals surface area contributed by atoms with Gasteiger partial charge in [-0.15, -0.1) is 0 Å². The average Bonchev–Trinajstić information content (AvgIpc) is 2.37. The first-order valence-corrected chi connectivity index (χ1v) is 7.42. The predicted octanol–water partition coefficient (Wildman–Crippen LogP) is 3.48. The Balaban J connectivity index is 1.85. The van der Waals surface area contributed by atoms with Crippen LogP contribution in [0, 0.1) is 11.3 Å². The summed E-state index contributed by atoms with van der Waals surface area (Å²) in [6, 6.07) is 8.87. The van der Waals surface area contributed by atoms with Gasteiger partial charge < -0.3 is 10.4 Å². The molecule has 0 amide bonds. The molecule has 1 aliphatic rings. The molecule has 1 saturated carbocycles. The third kappa shape index (κ3) is 4.05. The molecule has 0 spiro atoms. The van der Waals surface area contributed by atoms with E-state index < -0.39 is 0 Å². The Labute approximate surface area is 117 Å². The van der Waals surface area contributed by atoms with E-state index in [2.05, 4.69) is 38.2 Å². The molecular formula is C17H27NO. The highest BCUT2D eigenvalue weighted by atomic mass is 16.3. The molecule has 1 aromatic rings. The van der Waals surface area contributed by atoms with E-state index in [1.807, 2.05) is 12.1 Å². The minimum atomic E-state index is 0.127. The number of rotatable bonds is 4. The molecule has 19 heavy (non-hydrogen) atoms. The summed E-state index contributed by atoms with van der Waals surface area (Å²) in [5.41, 5.74) is 2.80. The van der Waals surface area contributed by atoms with Crippen LogP contribution in [-0.2, 0) is 13.2 Å². The van der Waals surface area contributed by atoms with Crippen molar-refractivity contribution in [3.63, 3.8) is 0 Å². The Morgan fingerprint density at radius 3 is 2.42 bits per heavy atom. The van der Waals surface area contributed by atoms with Crippen molar-refractivity contribution in [3.8, 4) is 0 Å². The lowest BCUT2D eigenvalue weighted by molar-refractivity contribution is 0.148. The fraction of sp³-hybridized carbons (Fsp3) is 0.647. The van der Waals surface area contributed by atoms with Crippen LogP contribution in [-0.4, -0.2) is 11.1 Å². The van der Waals surface area contributed by atoms with Crippen molar-refractivity contribution in [2.24, 2.45) is 11.3 Å². The van der Waals surface area contributed by atoms with Crippen LogP contribution in [0.1, 0.15) is 51.2 Å². The molecular weight excluding hydrogens is 234 g/mol. The third-order valence-corrected chi connectivity index (χ3v) is 4.47. The van der Waals surface area contributed by atoms with Crippen molar-refractivity contribution in [3.05, 3.63) is 35.4 Å². The largest absolute Gasteiger partial charge is 0.392 e. The molecule has 2 rings (SSSR count). The monoisotopic (exact) mass is 261 g/mol. The van der Waals surface area contributed by atoms with E-state index in [0.29, 0.717) is 11.5 Å². The Bertz CT molecular complexity index is 396. The summed E-state index contributed by atoms with van der Waals surface area (Å²) in [7, 11) is 0. The summed E-state index contributed by atoms with van der Waals surface area (Å²) in [5.74, 6) is 0.750. The quantitative estimate of drug-likeness (QED) is 0.869. The summed E-state index contributed by atoms with van der Waals surface area (Å²) in [6.07, 6.45) is 3.91. The first-order chi connectivity index (χ1) is 9.00. The van der Waals surface area contributed by atoms with Gasteiger partial charge in [0.15, 0.2) is 0 Å². The standard InChI is InChI=1S/C17H27NO/c1-13-10-17(2,3)9-8-16(13)18-11-14-4-6-15(12-19)7-5-14/h4-7,13,16,18-19H,8-12H2,1-3H3. The second kappa shape index (κ2) is 6.06. The highest BCUT2D eigenvalue weighted by Gasteiger charge is 2.31. The van der Waals surface area contributed by atoms with Crippen LogP contribution >= 0.6 is 0 Å². The average molecular weight is 261 g/mol. The summed E-state index contributed by atoms with van der Waals surface area (Å²) in [6.45, 7) is 8.19. The second-order valence-corrected chi connectivity index (χ2v) is 6.85. The van der Waals surface area contributed by atoms with Gasteiger partial charge in [-0.3, -0.25) is 0 Å². The number of aliphatic hydroxyl groups is 1. The summed E-state index contributed by atoms with van der Waals surface area (Å²) in [5, 5.41) is 12.7. The van der Waals surface area contributed by atoms with E-state index in [1.54, 1.807) is 0 Å². The molecule has 0 radical (unpaired) electrons. The van der Waals surface area contributed by atoms with Gasteiger partial charge in [-0.1, -0.05) is 45.0 Å². The number of benzene rings is 1. The van der Waals surface area contributed by atoms with Crippen molar-refractivity contribution in [2.45, 2.75) is 59.2 Å². The molecule has 2 heteroatoms. The van der Waals surface area contributed by atoms with Gasteiger partial charge in [0.05, 0.1) is 6.61 Å². The SMILES string of the molecule is CC1CC(C)(C)CCC1NCc1ccc(CO)cc1. The zero-order valence-electron chi connectivity index (χ0n) is 12.4. The molecule has 1 fully saturated rings. The highest BCUT2D eigenvalue weighted by Crippen LogP contribution is 2.38. The Morgan fingerprint density at radius 2 is 1.84 bits per heavy atom. The van der Waals surface area contributed by atoms with E-state index in [1.165, 1.54) is 24.8 Å². The van der Waals surface area contributed by atoms with Gasteiger partial charge in [-0.2, -0.15) is 0 Å². The Kier molecular flexibility index (Phi) is 4.64. The van der Waals surface area contributed by atoms with Crippen LogP contribution in [0.4, 0.5) is 0 Å². The van der Waals surface area contributed by atoms with Crippen molar-refractivity contribution in [1.29, 1.82) is 0 Å². The molecule has 2 N–H and O–H groups in total. The predicted molar refractivity (Wildman–Crippen MR) is 79.8 cm³/mol. The van der Waals surface area contributed by atoms with Gasteiger partial charge in [-0.25, -0.2) is 0 Å². The van der Waals surface area contributed by atoms with E-state index >= 15 is 0 Å². The van der Waals surface area contributed by atoms with Gasteiger partial charge >= 0.3 is 0 Å². The summed E-state index contributed by atoms with van der Waals surface area (Å²) < 4.78 is 0. The lowest BCUT2D eigenvalue weighted by atomic mass is 9.70. The minimum absolute atomic E-state index is 0.127. The molecule has 0 aromatic heterocycles. The Hall–Kier alpha value is -0.860. The second-order valence-electron chi connectivity index (χ2n) is 6.85. The molecule has 0 bridgehead atoms. The molecule has 2 unspecified atom stereocenters.